The largest absolute Gasteiger partial charge is 0.448 e. The number of carbonyl (C=O) groups excluding carboxylic acids is 2. The predicted molar refractivity (Wildman–Crippen MR) is 173 cm³/mol. The summed E-state index contributed by atoms with van der Waals surface area (Å²) < 4.78 is 11.8. The quantitative estimate of drug-likeness (QED) is 0.173. The highest BCUT2D eigenvalue weighted by Crippen LogP contribution is 2.44. The molecule has 0 radical (unpaired) electrons. The maximum atomic E-state index is 13.4. The van der Waals surface area contributed by atoms with E-state index in [2.05, 4.69) is 55.5 Å². The zero-order valence-electron chi connectivity index (χ0n) is 26.4. The van der Waals surface area contributed by atoms with Crippen LogP contribution in [0.4, 0.5) is 4.79 Å². The molecule has 0 saturated carbocycles. The number of fused-ring (bicyclic) bond motifs is 5. The summed E-state index contributed by atoms with van der Waals surface area (Å²) >= 11 is 0. The SMILES string of the molecule is CCCCCCCCCCCCCCCC(=O)C1CC2COCC(C1)N2C(=O)OCC1c2ccccc2-c2ccccc21. The molecular weight excluding hydrogens is 534 g/mol. The number of rotatable bonds is 17. The van der Waals surface area contributed by atoms with Gasteiger partial charge in [-0.1, -0.05) is 133 Å². The van der Waals surface area contributed by atoms with E-state index in [1.165, 1.54) is 92.9 Å². The molecule has 0 aromatic heterocycles. The number of benzene rings is 2. The van der Waals surface area contributed by atoms with Gasteiger partial charge in [-0.15, -0.1) is 0 Å². The van der Waals surface area contributed by atoms with Crippen LogP contribution >= 0.6 is 0 Å². The standard InChI is InChI=1S/C38H53NO4/c1-2-3-4-5-6-7-8-9-10-11-12-13-14-23-37(40)29-24-30-26-42-27-31(25-29)39(30)38(41)43-28-36-34-21-17-15-19-32(34)33-20-16-18-22-35(33)36/h15-22,29-31,36H,2-14,23-28H2,1H3. The molecule has 2 unspecified atom stereocenters. The van der Waals surface area contributed by atoms with Gasteiger partial charge >= 0.3 is 6.09 Å². The van der Waals surface area contributed by atoms with E-state index in [0.717, 1.165) is 12.8 Å². The summed E-state index contributed by atoms with van der Waals surface area (Å²) in [7, 11) is 0. The average Bonchev–Trinajstić information content (AvgIpc) is 3.35. The van der Waals surface area contributed by atoms with Crippen molar-refractivity contribution in [2.75, 3.05) is 19.8 Å². The van der Waals surface area contributed by atoms with Crippen LogP contribution in [0.15, 0.2) is 48.5 Å². The lowest BCUT2D eigenvalue weighted by Crippen LogP contribution is -2.60. The summed E-state index contributed by atoms with van der Waals surface area (Å²) in [5.74, 6) is 0.466. The number of ketones is 1. The van der Waals surface area contributed by atoms with E-state index >= 15 is 0 Å². The minimum atomic E-state index is -0.262. The van der Waals surface area contributed by atoms with Crippen molar-refractivity contribution in [1.82, 2.24) is 4.90 Å². The van der Waals surface area contributed by atoms with E-state index in [1.807, 2.05) is 4.90 Å². The first-order valence-electron chi connectivity index (χ1n) is 17.4. The number of morpholine rings is 1. The van der Waals surface area contributed by atoms with Crippen molar-refractivity contribution in [3.8, 4) is 11.1 Å². The van der Waals surface area contributed by atoms with Gasteiger partial charge in [0.2, 0.25) is 0 Å². The van der Waals surface area contributed by atoms with Crippen LogP contribution in [0.25, 0.3) is 11.1 Å². The Labute approximate surface area is 259 Å². The Morgan fingerprint density at radius 1 is 0.721 bits per heavy atom. The minimum absolute atomic E-state index is 0.0360. The van der Waals surface area contributed by atoms with Crippen molar-refractivity contribution < 1.29 is 19.1 Å². The number of hydrogen-bond donors (Lipinski definition) is 0. The highest BCUT2D eigenvalue weighted by molar-refractivity contribution is 5.82. The third-order valence-corrected chi connectivity index (χ3v) is 10.0. The Kier molecular flexibility index (Phi) is 12.1. The molecule has 2 heterocycles. The smallest absolute Gasteiger partial charge is 0.410 e. The van der Waals surface area contributed by atoms with E-state index < -0.39 is 0 Å². The molecular formula is C38H53NO4. The minimum Gasteiger partial charge on any atom is -0.448 e. The second-order valence-corrected chi connectivity index (χ2v) is 13.2. The highest BCUT2D eigenvalue weighted by Gasteiger charge is 2.44. The van der Waals surface area contributed by atoms with E-state index in [9.17, 15) is 9.59 Å². The summed E-state index contributed by atoms with van der Waals surface area (Å²) in [5, 5.41) is 0. The molecule has 2 aliphatic heterocycles. The first-order valence-corrected chi connectivity index (χ1v) is 17.4. The fourth-order valence-electron chi connectivity index (χ4n) is 7.67. The fourth-order valence-corrected chi connectivity index (χ4v) is 7.67. The molecule has 0 spiro atoms. The average molecular weight is 588 g/mol. The molecule has 234 valence electrons. The monoisotopic (exact) mass is 587 g/mol. The van der Waals surface area contributed by atoms with Crippen molar-refractivity contribution in [3.05, 3.63) is 59.7 Å². The molecule has 3 aliphatic rings. The molecule has 0 N–H and O–H groups in total. The third kappa shape index (κ3) is 8.29. The van der Waals surface area contributed by atoms with Crippen LogP contribution in [0.3, 0.4) is 0 Å². The molecule has 5 heteroatoms. The Hall–Kier alpha value is -2.66. The van der Waals surface area contributed by atoms with Gasteiger partial charge in [-0.3, -0.25) is 9.69 Å². The normalized spacial score (nSPS) is 21.0. The first kappa shape index (κ1) is 31.8. The zero-order chi connectivity index (χ0) is 29.9. The number of Topliss-reactive ketones (excluding diaryl/α,β-unsaturated/α-hetero) is 1. The maximum Gasteiger partial charge on any atom is 0.410 e. The Morgan fingerprint density at radius 2 is 1.21 bits per heavy atom. The van der Waals surface area contributed by atoms with Crippen molar-refractivity contribution in [2.24, 2.45) is 5.92 Å². The number of hydrogen-bond acceptors (Lipinski definition) is 4. The lowest BCUT2D eigenvalue weighted by molar-refractivity contribution is -0.131. The number of unbranched alkanes of at least 4 members (excludes halogenated alkanes) is 12. The van der Waals surface area contributed by atoms with Gasteiger partial charge in [0.15, 0.2) is 0 Å². The topological polar surface area (TPSA) is 55.8 Å². The van der Waals surface area contributed by atoms with Crippen LogP contribution < -0.4 is 0 Å². The zero-order valence-corrected chi connectivity index (χ0v) is 26.4. The van der Waals surface area contributed by atoms with Gasteiger partial charge in [0.25, 0.3) is 0 Å². The molecule has 2 atom stereocenters. The van der Waals surface area contributed by atoms with Gasteiger partial charge in [0.1, 0.15) is 12.4 Å². The molecule has 1 aliphatic carbocycles. The second-order valence-electron chi connectivity index (χ2n) is 13.2. The fraction of sp³-hybridized carbons (Fsp3) is 0.632. The van der Waals surface area contributed by atoms with E-state index in [-0.39, 0.29) is 30.0 Å². The van der Waals surface area contributed by atoms with Crippen LogP contribution in [0.1, 0.15) is 127 Å². The lowest BCUT2D eigenvalue weighted by atomic mass is 9.81. The molecule has 43 heavy (non-hydrogen) atoms. The van der Waals surface area contributed by atoms with Crippen LogP contribution in [0.5, 0.6) is 0 Å². The third-order valence-electron chi connectivity index (χ3n) is 10.0. The van der Waals surface area contributed by atoms with Crippen molar-refractivity contribution in [3.63, 3.8) is 0 Å². The van der Waals surface area contributed by atoms with Crippen LogP contribution in [-0.4, -0.2) is 48.7 Å². The van der Waals surface area contributed by atoms with E-state index in [0.29, 0.717) is 44.9 Å². The lowest BCUT2D eigenvalue weighted by Gasteiger charge is -2.47. The van der Waals surface area contributed by atoms with Gasteiger partial charge < -0.3 is 9.47 Å². The molecule has 5 nitrogen and oxygen atoms in total. The van der Waals surface area contributed by atoms with Gasteiger partial charge in [-0.05, 0) is 41.5 Å². The molecule has 2 aromatic carbocycles. The highest BCUT2D eigenvalue weighted by atomic mass is 16.6. The molecule has 1 amide bonds. The Bertz CT molecular complexity index is 1120. The molecule has 2 fully saturated rings. The predicted octanol–water partition coefficient (Wildman–Crippen LogP) is 9.47. The number of piperidine rings is 1. The van der Waals surface area contributed by atoms with Crippen LogP contribution in [-0.2, 0) is 14.3 Å². The van der Waals surface area contributed by atoms with E-state index in [4.69, 9.17) is 9.47 Å². The number of nitrogens with zero attached hydrogens (tertiary/aromatic N) is 1. The van der Waals surface area contributed by atoms with Crippen LogP contribution in [0, 0.1) is 5.92 Å². The van der Waals surface area contributed by atoms with Gasteiger partial charge in [-0.25, -0.2) is 4.79 Å². The maximum absolute atomic E-state index is 13.4. The Balaban J connectivity index is 1.01. The molecule has 5 rings (SSSR count). The summed E-state index contributed by atoms with van der Waals surface area (Å²) in [5.41, 5.74) is 4.90. The van der Waals surface area contributed by atoms with Gasteiger partial charge in [0, 0.05) is 18.3 Å². The number of carbonyl (C=O) groups is 2. The van der Waals surface area contributed by atoms with E-state index in [1.54, 1.807) is 0 Å². The molecule has 2 saturated heterocycles. The van der Waals surface area contributed by atoms with Crippen molar-refractivity contribution in [2.45, 2.75) is 128 Å². The second kappa shape index (κ2) is 16.4. The summed E-state index contributed by atoms with van der Waals surface area (Å²) in [6, 6.07) is 16.7. The van der Waals surface area contributed by atoms with Crippen molar-refractivity contribution >= 4 is 11.9 Å². The summed E-state index contributed by atoms with van der Waals surface area (Å²) in [4.78, 5) is 28.5. The summed E-state index contributed by atoms with van der Waals surface area (Å²) in [6.07, 6.45) is 18.9. The number of amides is 1. The molecule has 2 bridgehead atoms. The molecule has 2 aromatic rings. The first-order chi connectivity index (χ1) is 21.2. The Morgan fingerprint density at radius 3 is 1.74 bits per heavy atom. The van der Waals surface area contributed by atoms with Crippen molar-refractivity contribution in [1.29, 1.82) is 0 Å². The number of ether oxygens (including phenoxy) is 2. The van der Waals surface area contributed by atoms with Gasteiger partial charge in [0.05, 0.1) is 25.3 Å². The van der Waals surface area contributed by atoms with Crippen LogP contribution in [0.2, 0.25) is 0 Å². The summed E-state index contributed by atoms with van der Waals surface area (Å²) in [6.45, 7) is 3.58. The van der Waals surface area contributed by atoms with Gasteiger partial charge in [-0.2, -0.15) is 0 Å².